The number of carbonyl (C=O) groups excluding carboxylic acids is 1. The number of amides is 1. The van der Waals surface area contributed by atoms with Gasteiger partial charge in [0.1, 0.15) is 0 Å². The number of furan rings is 1. The summed E-state index contributed by atoms with van der Waals surface area (Å²) in [5.74, 6) is 0.779. The highest BCUT2D eigenvalue weighted by atomic mass is 32.2. The monoisotopic (exact) mass is 346 g/mol. The lowest BCUT2D eigenvalue weighted by Gasteiger charge is -2.35. The molecule has 0 N–H and O–H groups in total. The van der Waals surface area contributed by atoms with Crippen molar-refractivity contribution < 1.29 is 13.6 Å². The number of aromatic nitrogens is 1. The number of hydrogen-bond acceptors (Lipinski definition) is 7. The van der Waals surface area contributed by atoms with Crippen molar-refractivity contribution in [3.63, 3.8) is 0 Å². The highest BCUT2D eigenvalue weighted by Gasteiger charge is 2.30. The number of rotatable bonds is 2. The summed E-state index contributed by atoms with van der Waals surface area (Å²) in [6, 6.07) is 3.51. The number of nitrogens with zero attached hydrogens (tertiary/aromatic N) is 4. The first-order valence-electron chi connectivity index (χ1n) is 7.95. The molecule has 2 aliphatic heterocycles. The van der Waals surface area contributed by atoms with Crippen LogP contribution in [0.2, 0.25) is 0 Å². The molecule has 0 aromatic carbocycles. The molecule has 4 heterocycles. The standard InChI is InChI=1S/C16H18N4O3S/c1-11-9-17-16(24-11)20-6-4-19(5-7-20)15(21)13-14(23-10-18-13)12-3-2-8-22-12/h2-3,8,10-11H,4-7,9H2,1H3/t11-/m0/s1. The predicted octanol–water partition coefficient (Wildman–Crippen LogP) is 2.18. The van der Waals surface area contributed by atoms with Gasteiger partial charge in [0.15, 0.2) is 23.0 Å². The van der Waals surface area contributed by atoms with Crippen LogP contribution >= 0.6 is 11.8 Å². The Morgan fingerprint density at radius 3 is 2.79 bits per heavy atom. The van der Waals surface area contributed by atoms with Crippen LogP contribution in [-0.2, 0) is 0 Å². The van der Waals surface area contributed by atoms with E-state index in [1.807, 2.05) is 16.7 Å². The first-order valence-corrected chi connectivity index (χ1v) is 8.83. The number of hydrogen-bond donors (Lipinski definition) is 0. The van der Waals surface area contributed by atoms with Crippen LogP contribution in [0, 0.1) is 0 Å². The third-order valence-corrected chi connectivity index (χ3v) is 5.29. The Bertz CT molecular complexity index is 747. The highest BCUT2D eigenvalue weighted by Crippen LogP contribution is 2.26. The molecular formula is C16H18N4O3S. The summed E-state index contributed by atoms with van der Waals surface area (Å²) in [7, 11) is 0. The topological polar surface area (TPSA) is 75.1 Å². The molecule has 24 heavy (non-hydrogen) atoms. The van der Waals surface area contributed by atoms with E-state index < -0.39 is 0 Å². The zero-order chi connectivity index (χ0) is 16.5. The molecular weight excluding hydrogens is 328 g/mol. The van der Waals surface area contributed by atoms with E-state index in [9.17, 15) is 4.79 Å². The second-order valence-corrected chi connectivity index (χ2v) is 7.24. The fraction of sp³-hybridized carbons (Fsp3) is 0.438. The van der Waals surface area contributed by atoms with Crippen LogP contribution in [0.3, 0.4) is 0 Å². The van der Waals surface area contributed by atoms with Gasteiger partial charge in [-0.2, -0.15) is 0 Å². The van der Waals surface area contributed by atoms with Gasteiger partial charge in [0, 0.05) is 31.4 Å². The fourth-order valence-electron chi connectivity index (χ4n) is 2.87. The Hall–Kier alpha value is -2.22. The summed E-state index contributed by atoms with van der Waals surface area (Å²) >= 11 is 1.81. The van der Waals surface area contributed by atoms with Gasteiger partial charge in [-0.05, 0) is 12.1 Å². The van der Waals surface area contributed by atoms with E-state index >= 15 is 0 Å². The predicted molar refractivity (Wildman–Crippen MR) is 91.0 cm³/mol. The SMILES string of the molecule is C[C@H]1CN=C(N2CCN(C(=O)c3ncoc3-c3ccco3)CC2)S1. The molecule has 2 aromatic heterocycles. The van der Waals surface area contributed by atoms with Gasteiger partial charge in [0.2, 0.25) is 5.76 Å². The molecule has 0 radical (unpaired) electrons. The smallest absolute Gasteiger partial charge is 0.276 e. The maximum atomic E-state index is 12.8. The van der Waals surface area contributed by atoms with Gasteiger partial charge < -0.3 is 18.6 Å². The molecule has 0 unspecified atom stereocenters. The third kappa shape index (κ3) is 2.82. The van der Waals surface area contributed by atoms with E-state index in [1.54, 1.807) is 18.4 Å². The lowest BCUT2D eigenvalue weighted by Crippen LogP contribution is -2.50. The Morgan fingerprint density at radius 1 is 1.29 bits per heavy atom. The summed E-state index contributed by atoms with van der Waals surface area (Å²) in [5, 5.41) is 1.65. The average Bonchev–Trinajstić information content (AvgIpc) is 3.35. The van der Waals surface area contributed by atoms with Gasteiger partial charge in [0.25, 0.3) is 5.91 Å². The maximum Gasteiger partial charge on any atom is 0.276 e. The van der Waals surface area contributed by atoms with E-state index in [0.29, 0.717) is 35.6 Å². The van der Waals surface area contributed by atoms with Crippen molar-refractivity contribution in [2.24, 2.45) is 4.99 Å². The lowest BCUT2D eigenvalue weighted by molar-refractivity contribution is 0.0688. The maximum absolute atomic E-state index is 12.8. The number of oxazole rings is 1. The summed E-state index contributed by atoms with van der Waals surface area (Å²) < 4.78 is 10.7. The zero-order valence-electron chi connectivity index (χ0n) is 13.3. The summed E-state index contributed by atoms with van der Waals surface area (Å²) in [5.41, 5.74) is 0.305. The van der Waals surface area contributed by atoms with E-state index in [2.05, 4.69) is 21.8 Å². The van der Waals surface area contributed by atoms with Gasteiger partial charge >= 0.3 is 0 Å². The molecule has 126 valence electrons. The minimum Gasteiger partial charge on any atom is -0.461 e. The number of carbonyl (C=O) groups is 1. The molecule has 0 spiro atoms. The molecule has 7 nitrogen and oxygen atoms in total. The van der Waals surface area contributed by atoms with Crippen LogP contribution in [0.5, 0.6) is 0 Å². The van der Waals surface area contributed by atoms with E-state index in [0.717, 1.165) is 24.8 Å². The minimum atomic E-state index is -0.121. The van der Waals surface area contributed by atoms with Crippen molar-refractivity contribution in [3.05, 3.63) is 30.5 Å². The van der Waals surface area contributed by atoms with Crippen LogP contribution in [0.25, 0.3) is 11.5 Å². The van der Waals surface area contributed by atoms with Gasteiger partial charge in [-0.1, -0.05) is 18.7 Å². The molecule has 0 saturated carbocycles. The van der Waals surface area contributed by atoms with Crippen LogP contribution in [0.1, 0.15) is 17.4 Å². The Labute approximate surface area is 143 Å². The van der Waals surface area contributed by atoms with Crippen LogP contribution in [-0.4, -0.2) is 63.8 Å². The van der Waals surface area contributed by atoms with Gasteiger partial charge in [-0.15, -0.1) is 0 Å². The van der Waals surface area contributed by atoms with E-state index in [-0.39, 0.29) is 5.91 Å². The number of aliphatic imine (C=N–C) groups is 1. The van der Waals surface area contributed by atoms with Crippen molar-refractivity contribution in [1.82, 2.24) is 14.8 Å². The van der Waals surface area contributed by atoms with Crippen molar-refractivity contribution in [1.29, 1.82) is 0 Å². The highest BCUT2D eigenvalue weighted by molar-refractivity contribution is 8.14. The Kier molecular flexibility index (Phi) is 4.05. The van der Waals surface area contributed by atoms with Crippen molar-refractivity contribution in [2.75, 3.05) is 32.7 Å². The normalized spacial score (nSPS) is 21.2. The molecule has 1 fully saturated rings. The Balaban J connectivity index is 1.43. The first-order chi connectivity index (χ1) is 11.7. The average molecular weight is 346 g/mol. The number of amidine groups is 1. The third-order valence-electron chi connectivity index (χ3n) is 4.14. The molecule has 8 heteroatoms. The van der Waals surface area contributed by atoms with Crippen molar-refractivity contribution >= 4 is 22.8 Å². The second-order valence-electron chi connectivity index (χ2n) is 5.84. The Morgan fingerprint density at radius 2 is 2.12 bits per heavy atom. The van der Waals surface area contributed by atoms with Crippen molar-refractivity contribution in [3.8, 4) is 11.5 Å². The van der Waals surface area contributed by atoms with Crippen LogP contribution in [0.4, 0.5) is 0 Å². The minimum absolute atomic E-state index is 0.121. The molecule has 1 amide bonds. The largest absolute Gasteiger partial charge is 0.461 e. The molecule has 1 saturated heterocycles. The molecule has 4 rings (SSSR count). The van der Waals surface area contributed by atoms with Gasteiger partial charge in [0.05, 0.1) is 12.8 Å². The summed E-state index contributed by atoms with van der Waals surface area (Å²) in [6.45, 7) is 5.94. The second kappa shape index (κ2) is 6.35. The van der Waals surface area contributed by atoms with E-state index in [4.69, 9.17) is 8.83 Å². The zero-order valence-corrected chi connectivity index (χ0v) is 14.2. The van der Waals surface area contributed by atoms with Gasteiger partial charge in [-0.3, -0.25) is 9.79 Å². The molecule has 0 aliphatic carbocycles. The molecule has 2 aromatic rings. The number of thioether (sulfide) groups is 1. The molecule has 1 atom stereocenters. The first kappa shape index (κ1) is 15.3. The van der Waals surface area contributed by atoms with Crippen LogP contribution < -0.4 is 0 Å². The van der Waals surface area contributed by atoms with E-state index in [1.165, 1.54) is 6.39 Å². The fourth-order valence-corrected chi connectivity index (χ4v) is 3.86. The van der Waals surface area contributed by atoms with Crippen LogP contribution in [0.15, 0.2) is 38.6 Å². The quantitative estimate of drug-likeness (QED) is 0.830. The van der Waals surface area contributed by atoms with Gasteiger partial charge in [-0.25, -0.2) is 4.98 Å². The van der Waals surface area contributed by atoms with Crippen molar-refractivity contribution in [2.45, 2.75) is 12.2 Å². The number of piperazine rings is 1. The lowest BCUT2D eigenvalue weighted by atomic mass is 10.2. The molecule has 2 aliphatic rings. The molecule has 0 bridgehead atoms. The summed E-state index contributed by atoms with van der Waals surface area (Å²) in [6.07, 6.45) is 2.83. The summed E-state index contributed by atoms with van der Waals surface area (Å²) in [4.78, 5) is 25.5.